The molecule has 0 radical (unpaired) electrons. The number of oxazole rings is 1. The van der Waals surface area contributed by atoms with Crippen molar-refractivity contribution in [3.8, 4) is 0 Å². The van der Waals surface area contributed by atoms with Crippen molar-refractivity contribution in [2.45, 2.75) is 13.0 Å². The Labute approximate surface area is 130 Å². The van der Waals surface area contributed by atoms with Gasteiger partial charge in [0, 0.05) is 4.47 Å². The molecule has 3 aromatic rings. The lowest BCUT2D eigenvalue weighted by molar-refractivity contribution is 0.554. The van der Waals surface area contributed by atoms with Crippen molar-refractivity contribution in [3.63, 3.8) is 0 Å². The third kappa shape index (κ3) is 2.66. The van der Waals surface area contributed by atoms with Crippen LogP contribution in [0.15, 0.2) is 50.1 Å². The molecule has 0 saturated heterocycles. The Morgan fingerprint density at radius 2 is 2.05 bits per heavy atom. The van der Waals surface area contributed by atoms with Crippen molar-refractivity contribution in [2.24, 2.45) is 0 Å². The minimum absolute atomic E-state index is 0.0442. The lowest BCUT2D eigenvalue weighted by atomic mass is 9.95. The molecule has 2 N–H and O–H groups in total. The zero-order chi connectivity index (χ0) is 15.0. The second kappa shape index (κ2) is 5.50. The lowest BCUT2D eigenvalue weighted by Crippen LogP contribution is -2.18. The predicted molar refractivity (Wildman–Crippen MR) is 86.6 cm³/mol. The van der Waals surface area contributed by atoms with Crippen LogP contribution >= 0.6 is 15.9 Å². The monoisotopic (exact) mass is 346 g/mol. The van der Waals surface area contributed by atoms with Gasteiger partial charge in [-0.15, -0.1) is 0 Å². The Morgan fingerprint density at radius 1 is 1.24 bits per heavy atom. The highest BCUT2D eigenvalue weighted by Crippen LogP contribution is 2.28. The third-order valence-corrected chi connectivity index (χ3v) is 4.10. The number of rotatable bonds is 3. The first-order valence-corrected chi connectivity index (χ1v) is 7.44. The van der Waals surface area contributed by atoms with Crippen molar-refractivity contribution < 1.29 is 4.42 Å². The van der Waals surface area contributed by atoms with E-state index in [4.69, 9.17) is 4.42 Å². The molecule has 0 saturated carbocycles. The van der Waals surface area contributed by atoms with Crippen LogP contribution in [0.1, 0.15) is 22.7 Å². The van der Waals surface area contributed by atoms with Crippen LogP contribution in [0.25, 0.3) is 11.1 Å². The summed E-state index contributed by atoms with van der Waals surface area (Å²) < 4.78 is 6.20. The van der Waals surface area contributed by atoms with E-state index in [2.05, 4.69) is 45.3 Å². The molecule has 1 heterocycles. The van der Waals surface area contributed by atoms with Crippen molar-refractivity contribution in [2.75, 3.05) is 7.05 Å². The van der Waals surface area contributed by atoms with Crippen LogP contribution in [0.3, 0.4) is 0 Å². The Balaban J connectivity index is 2.10. The van der Waals surface area contributed by atoms with E-state index in [9.17, 15) is 4.79 Å². The normalized spacial score (nSPS) is 12.7. The van der Waals surface area contributed by atoms with Gasteiger partial charge in [-0.3, -0.25) is 4.98 Å². The van der Waals surface area contributed by atoms with E-state index in [1.165, 1.54) is 11.1 Å². The minimum atomic E-state index is -0.428. The number of benzene rings is 2. The predicted octanol–water partition coefficient (Wildman–Crippen LogP) is 3.50. The van der Waals surface area contributed by atoms with Gasteiger partial charge in [-0.2, -0.15) is 0 Å². The molecule has 1 aromatic heterocycles. The van der Waals surface area contributed by atoms with E-state index >= 15 is 0 Å². The number of hydrogen-bond acceptors (Lipinski definition) is 3. The molecule has 0 aliphatic carbocycles. The van der Waals surface area contributed by atoms with Gasteiger partial charge in [-0.1, -0.05) is 28.1 Å². The van der Waals surface area contributed by atoms with E-state index in [1.807, 2.05) is 31.3 Å². The standard InChI is InChI=1S/C16H15BrN2O2/c1-9-7-11(17)4-5-12(9)15(18-2)10-3-6-13-14(8-10)21-16(20)19-13/h3-8,15,18H,1-2H3,(H,19,20). The Bertz CT molecular complexity index is 851. The Morgan fingerprint density at radius 3 is 2.76 bits per heavy atom. The first-order valence-electron chi connectivity index (χ1n) is 6.64. The van der Waals surface area contributed by atoms with Crippen LogP contribution < -0.4 is 11.1 Å². The number of hydrogen-bond donors (Lipinski definition) is 2. The van der Waals surface area contributed by atoms with E-state index in [0.29, 0.717) is 11.1 Å². The van der Waals surface area contributed by atoms with Crippen LogP contribution in [-0.2, 0) is 0 Å². The third-order valence-electron chi connectivity index (χ3n) is 3.61. The number of H-pyrrole nitrogens is 1. The summed E-state index contributed by atoms with van der Waals surface area (Å²) >= 11 is 3.48. The molecule has 2 aromatic carbocycles. The molecule has 0 amide bonds. The van der Waals surface area contributed by atoms with Crippen molar-refractivity contribution in [1.29, 1.82) is 0 Å². The zero-order valence-corrected chi connectivity index (χ0v) is 13.3. The molecule has 108 valence electrons. The molecule has 0 bridgehead atoms. The fourth-order valence-corrected chi connectivity index (χ4v) is 3.08. The largest absolute Gasteiger partial charge is 0.417 e. The van der Waals surface area contributed by atoms with Gasteiger partial charge in [-0.25, -0.2) is 4.79 Å². The molecule has 0 aliphatic heterocycles. The molecule has 0 fully saturated rings. The lowest BCUT2D eigenvalue weighted by Gasteiger charge is -2.19. The molecule has 3 rings (SSSR count). The molecule has 4 nitrogen and oxygen atoms in total. The SMILES string of the molecule is CNC(c1ccc2[nH]c(=O)oc2c1)c1ccc(Br)cc1C. The second-order valence-electron chi connectivity index (χ2n) is 4.99. The van der Waals surface area contributed by atoms with Gasteiger partial charge in [0.2, 0.25) is 0 Å². The summed E-state index contributed by atoms with van der Waals surface area (Å²) in [4.78, 5) is 13.9. The van der Waals surface area contributed by atoms with Crippen LogP contribution in [0.4, 0.5) is 0 Å². The summed E-state index contributed by atoms with van der Waals surface area (Å²) in [6.45, 7) is 2.08. The van der Waals surface area contributed by atoms with Crippen molar-refractivity contribution in [3.05, 3.63) is 68.1 Å². The summed E-state index contributed by atoms with van der Waals surface area (Å²) in [6, 6.07) is 12.0. The number of halogens is 1. The molecular weight excluding hydrogens is 332 g/mol. The van der Waals surface area contributed by atoms with Gasteiger partial charge < -0.3 is 9.73 Å². The van der Waals surface area contributed by atoms with Crippen LogP contribution in [-0.4, -0.2) is 12.0 Å². The van der Waals surface area contributed by atoms with Gasteiger partial charge in [0.1, 0.15) is 0 Å². The average molecular weight is 347 g/mol. The fourth-order valence-electron chi connectivity index (χ4n) is 2.61. The van der Waals surface area contributed by atoms with E-state index < -0.39 is 5.76 Å². The first-order chi connectivity index (χ1) is 10.1. The van der Waals surface area contributed by atoms with Crippen LogP contribution in [0, 0.1) is 6.92 Å². The highest BCUT2D eigenvalue weighted by molar-refractivity contribution is 9.10. The molecule has 0 aliphatic rings. The summed E-state index contributed by atoms with van der Waals surface area (Å²) in [7, 11) is 1.92. The Hall–Kier alpha value is -1.85. The highest BCUT2D eigenvalue weighted by Gasteiger charge is 2.15. The smallest absolute Gasteiger partial charge is 0.408 e. The molecule has 1 atom stereocenters. The zero-order valence-electron chi connectivity index (χ0n) is 11.7. The maximum atomic E-state index is 11.3. The van der Waals surface area contributed by atoms with Gasteiger partial charge in [0.05, 0.1) is 11.6 Å². The second-order valence-corrected chi connectivity index (χ2v) is 5.91. The summed E-state index contributed by atoms with van der Waals surface area (Å²) in [6.07, 6.45) is 0. The summed E-state index contributed by atoms with van der Waals surface area (Å²) in [5, 5.41) is 3.32. The number of aromatic nitrogens is 1. The van der Waals surface area contributed by atoms with Crippen LogP contribution in [0.5, 0.6) is 0 Å². The summed E-state index contributed by atoms with van der Waals surface area (Å²) in [5.74, 6) is -0.428. The maximum Gasteiger partial charge on any atom is 0.417 e. The number of aromatic amines is 1. The molecule has 5 heteroatoms. The van der Waals surface area contributed by atoms with Crippen LogP contribution in [0.2, 0.25) is 0 Å². The number of fused-ring (bicyclic) bond motifs is 1. The fraction of sp³-hybridized carbons (Fsp3) is 0.188. The first kappa shape index (κ1) is 14.1. The Kier molecular flexibility index (Phi) is 3.69. The van der Waals surface area contributed by atoms with E-state index in [0.717, 1.165) is 10.0 Å². The minimum Gasteiger partial charge on any atom is -0.408 e. The average Bonchev–Trinajstić information content (AvgIpc) is 2.81. The molecule has 21 heavy (non-hydrogen) atoms. The van der Waals surface area contributed by atoms with Gasteiger partial charge >= 0.3 is 5.76 Å². The maximum absolute atomic E-state index is 11.3. The topological polar surface area (TPSA) is 58.0 Å². The van der Waals surface area contributed by atoms with Gasteiger partial charge in [0.15, 0.2) is 5.58 Å². The van der Waals surface area contributed by atoms with Crippen molar-refractivity contribution >= 4 is 27.0 Å². The number of aryl methyl sites for hydroxylation is 1. The van der Waals surface area contributed by atoms with Gasteiger partial charge in [0.25, 0.3) is 0 Å². The van der Waals surface area contributed by atoms with E-state index in [-0.39, 0.29) is 6.04 Å². The van der Waals surface area contributed by atoms with Crippen molar-refractivity contribution in [1.82, 2.24) is 10.3 Å². The van der Waals surface area contributed by atoms with Gasteiger partial charge in [-0.05, 0) is 54.9 Å². The summed E-state index contributed by atoms with van der Waals surface area (Å²) in [5.41, 5.74) is 4.73. The molecule has 0 spiro atoms. The highest BCUT2D eigenvalue weighted by atomic mass is 79.9. The molecular formula is C16H15BrN2O2. The molecule has 1 unspecified atom stereocenters. The van der Waals surface area contributed by atoms with E-state index in [1.54, 1.807) is 0 Å². The quantitative estimate of drug-likeness (QED) is 0.762. The number of nitrogens with one attached hydrogen (secondary N) is 2.